The van der Waals surface area contributed by atoms with E-state index in [2.05, 4.69) is 10.3 Å². The van der Waals surface area contributed by atoms with Crippen LogP contribution in [0.25, 0.3) is 22.2 Å². The summed E-state index contributed by atoms with van der Waals surface area (Å²) in [6.45, 7) is 0. The summed E-state index contributed by atoms with van der Waals surface area (Å²) in [6, 6.07) is 26.9. The molecule has 4 aromatic rings. The second kappa shape index (κ2) is 7.94. The zero-order valence-electron chi connectivity index (χ0n) is 15.6. The number of fused-ring (bicyclic) bond motifs is 1. The zero-order chi connectivity index (χ0) is 20.2. The first-order valence-electron chi connectivity index (χ1n) is 9.24. The van der Waals surface area contributed by atoms with E-state index >= 15 is 0 Å². The molecule has 3 aromatic carbocycles. The Bertz CT molecular complexity index is 1170. The molecule has 1 atom stereocenters. The average molecular weight is 381 g/mol. The smallest absolute Gasteiger partial charge is 0.252 e. The van der Waals surface area contributed by atoms with E-state index in [1.54, 1.807) is 30.3 Å². The highest BCUT2D eigenvalue weighted by molar-refractivity contribution is 6.08. The Morgan fingerprint density at radius 2 is 1.45 bits per heavy atom. The van der Waals surface area contributed by atoms with Crippen LogP contribution in [0.1, 0.15) is 22.0 Å². The van der Waals surface area contributed by atoms with Crippen LogP contribution in [0.5, 0.6) is 0 Å². The first-order chi connectivity index (χ1) is 14.1. The van der Waals surface area contributed by atoms with E-state index < -0.39 is 11.9 Å². The van der Waals surface area contributed by atoms with Crippen LogP contribution in [-0.2, 0) is 4.79 Å². The molecular weight excluding hydrogens is 362 g/mol. The molecule has 0 aliphatic carbocycles. The van der Waals surface area contributed by atoms with Crippen LogP contribution < -0.4 is 11.1 Å². The molecule has 2 amide bonds. The highest BCUT2D eigenvalue weighted by atomic mass is 16.2. The summed E-state index contributed by atoms with van der Waals surface area (Å²) in [5, 5.41) is 3.49. The number of benzene rings is 3. The van der Waals surface area contributed by atoms with Crippen molar-refractivity contribution in [2.45, 2.75) is 6.04 Å². The maximum atomic E-state index is 13.2. The van der Waals surface area contributed by atoms with Crippen molar-refractivity contribution < 1.29 is 9.59 Å². The number of carbonyl (C=O) groups excluding carboxylic acids is 2. The third-order valence-electron chi connectivity index (χ3n) is 4.72. The van der Waals surface area contributed by atoms with Gasteiger partial charge in [-0.2, -0.15) is 0 Å². The molecule has 0 fully saturated rings. The molecule has 0 radical (unpaired) electrons. The van der Waals surface area contributed by atoms with Crippen LogP contribution in [0.3, 0.4) is 0 Å². The standard InChI is InChI=1S/C24H19N3O2/c25-23(28)22(17-11-5-2-6-12-17)27-24(29)19-15-21(16-9-3-1-4-10-16)26-20-14-8-7-13-18(19)20/h1-15,22H,(H2,25,28)(H,27,29)/t22-/m1/s1. The number of nitrogens with two attached hydrogens (primary N) is 1. The molecule has 1 aromatic heterocycles. The number of rotatable bonds is 5. The fourth-order valence-corrected chi connectivity index (χ4v) is 3.29. The minimum absolute atomic E-state index is 0.381. The summed E-state index contributed by atoms with van der Waals surface area (Å²) in [5.74, 6) is -1.00. The fraction of sp³-hybridized carbons (Fsp3) is 0.0417. The summed E-state index contributed by atoms with van der Waals surface area (Å²) in [5.41, 5.74) is 8.93. The second-order valence-electron chi connectivity index (χ2n) is 6.66. The molecule has 5 nitrogen and oxygen atoms in total. The van der Waals surface area contributed by atoms with Gasteiger partial charge < -0.3 is 11.1 Å². The highest BCUT2D eigenvalue weighted by Gasteiger charge is 2.22. The van der Waals surface area contributed by atoms with Crippen molar-refractivity contribution in [3.63, 3.8) is 0 Å². The summed E-state index contributed by atoms with van der Waals surface area (Å²) < 4.78 is 0. The number of amides is 2. The monoisotopic (exact) mass is 381 g/mol. The predicted octanol–water partition coefficient (Wildman–Crippen LogP) is 3.86. The van der Waals surface area contributed by atoms with Crippen LogP contribution in [-0.4, -0.2) is 16.8 Å². The van der Waals surface area contributed by atoms with E-state index in [0.717, 1.165) is 5.56 Å². The van der Waals surface area contributed by atoms with E-state index in [9.17, 15) is 9.59 Å². The number of carbonyl (C=O) groups is 2. The SMILES string of the molecule is NC(=O)[C@H](NC(=O)c1cc(-c2ccccc2)nc2ccccc12)c1ccccc1. The zero-order valence-corrected chi connectivity index (χ0v) is 15.6. The number of nitrogens with zero attached hydrogens (tertiary/aromatic N) is 1. The molecule has 0 unspecified atom stereocenters. The molecule has 4 rings (SSSR count). The van der Waals surface area contributed by atoms with Gasteiger partial charge in [0.15, 0.2) is 0 Å². The first kappa shape index (κ1) is 18.4. The lowest BCUT2D eigenvalue weighted by atomic mass is 10.0. The van der Waals surface area contributed by atoms with Crippen LogP contribution in [0.15, 0.2) is 91.0 Å². The largest absolute Gasteiger partial charge is 0.368 e. The van der Waals surface area contributed by atoms with Crippen molar-refractivity contribution in [3.8, 4) is 11.3 Å². The van der Waals surface area contributed by atoms with Gasteiger partial charge >= 0.3 is 0 Å². The number of pyridine rings is 1. The summed E-state index contributed by atoms with van der Waals surface area (Å²) in [6.07, 6.45) is 0. The van der Waals surface area contributed by atoms with Crippen molar-refractivity contribution in [2.24, 2.45) is 5.73 Å². The maximum absolute atomic E-state index is 13.2. The third-order valence-corrected chi connectivity index (χ3v) is 4.72. The summed E-state index contributed by atoms with van der Waals surface area (Å²) >= 11 is 0. The van der Waals surface area contributed by atoms with Crippen LogP contribution >= 0.6 is 0 Å². The van der Waals surface area contributed by atoms with Gasteiger partial charge in [0.25, 0.3) is 5.91 Å². The van der Waals surface area contributed by atoms with Crippen LogP contribution in [0, 0.1) is 0 Å². The Labute approximate surface area is 168 Å². The summed E-state index contributed by atoms with van der Waals surface area (Å²) in [4.78, 5) is 29.9. The predicted molar refractivity (Wildman–Crippen MR) is 113 cm³/mol. The van der Waals surface area contributed by atoms with E-state index in [4.69, 9.17) is 5.73 Å². The van der Waals surface area contributed by atoms with Gasteiger partial charge in [-0.25, -0.2) is 4.98 Å². The van der Waals surface area contributed by atoms with Crippen LogP contribution in [0.4, 0.5) is 0 Å². The quantitative estimate of drug-likeness (QED) is 0.550. The summed E-state index contributed by atoms with van der Waals surface area (Å²) in [7, 11) is 0. The maximum Gasteiger partial charge on any atom is 0.252 e. The van der Waals surface area contributed by atoms with Crippen molar-refractivity contribution in [3.05, 3.63) is 102 Å². The van der Waals surface area contributed by atoms with Crippen LogP contribution in [0.2, 0.25) is 0 Å². The van der Waals surface area contributed by atoms with Gasteiger partial charge in [0.1, 0.15) is 6.04 Å². The van der Waals surface area contributed by atoms with Gasteiger partial charge in [-0.15, -0.1) is 0 Å². The number of para-hydroxylation sites is 1. The molecule has 0 aliphatic heterocycles. The lowest BCUT2D eigenvalue weighted by Crippen LogP contribution is -2.37. The lowest BCUT2D eigenvalue weighted by Gasteiger charge is -2.17. The Kier molecular flexibility index (Phi) is 5.03. The molecule has 5 heteroatoms. The van der Waals surface area contributed by atoms with Crippen molar-refractivity contribution in [1.82, 2.24) is 10.3 Å². The highest BCUT2D eigenvalue weighted by Crippen LogP contribution is 2.25. The lowest BCUT2D eigenvalue weighted by molar-refractivity contribution is -0.120. The Balaban J connectivity index is 1.78. The first-order valence-corrected chi connectivity index (χ1v) is 9.24. The van der Waals surface area contributed by atoms with Gasteiger partial charge in [-0.05, 0) is 17.7 Å². The molecule has 0 spiro atoms. The third kappa shape index (κ3) is 3.84. The topological polar surface area (TPSA) is 85.1 Å². The van der Waals surface area contributed by atoms with Crippen molar-refractivity contribution in [1.29, 1.82) is 0 Å². The molecule has 0 bridgehead atoms. The van der Waals surface area contributed by atoms with E-state index in [-0.39, 0.29) is 5.91 Å². The Morgan fingerprint density at radius 3 is 2.14 bits per heavy atom. The number of nitrogens with one attached hydrogen (secondary N) is 1. The van der Waals surface area contributed by atoms with Gasteiger partial charge in [0, 0.05) is 10.9 Å². The van der Waals surface area contributed by atoms with Gasteiger partial charge in [0.05, 0.1) is 16.8 Å². The van der Waals surface area contributed by atoms with Gasteiger partial charge in [-0.3, -0.25) is 9.59 Å². The molecule has 1 heterocycles. The minimum Gasteiger partial charge on any atom is -0.368 e. The average Bonchev–Trinajstić information content (AvgIpc) is 2.77. The molecule has 0 saturated heterocycles. The molecule has 29 heavy (non-hydrogen) atoms. The molecule has 3 N–H and O–H groups in total. The second-order valence-corrected chi connectivity index (χ2v) is 6.66. The van der Waals surface area contributed by atoms with Crippen molar-refractivity contribution in [2.75, 3.05) is 0 Å². The number of hydrogen-bond donors (Lipinski definition) is 2. The van der Waals surface area contributed by atoms with Gasteiger partial charge in [0.2, 0.25) is 5.91 Å². The van der Waals surface area contributed by atoms with E-state index in [1.165, 1.54) is 0 Å². The number of aromatic nitrogens is 1. The fourth-order valence-electron chi connectivity index (χ4n) is 3.29. The minimum atomic E-state index is -0.921. The Hall–Kier alpha value is -3.99. The normalized spacial score (nSPS) is 11.7. The van der Waals surface area contributed by atoms with Gasteiger partial charge in [-0.1, -0.05) is 78.9 Å². The molecule has 0 saturated carbocycles. The number of primary amides is 1. The number of hydrogen-bond acceptors (Lipinski definition) is 3. The molecule has 0 aliphatic rings. The molecule has 142 valence electrons. The van der Waals surface area contributed by atoms with Crippen molar-refractivity contribution >= 4 is 22.7 Å². The Morgan fingerprint density at radius 1 is 0.828 bits per heavy atom. The molecular formula is C24H19N3O2. The van der Waals surface area contributed by atoms with E-state index in [0.29, 0.717) is 27.7 Å². The van der Waals surface area contributed by atoms with E-state index in [1.807, 2.05) is 60.7 Å².